The van der Waals surface area contributed by atoms with Crippen molar-refractivity contribution < 1.29 is 0 Å². The molecule has 3 nitrogen and oxygen atoms in total. The van der Waals surface area contributed by atoms with Gasteiger partial charge in [0.15, 0.2) is 5.84 Å². The molecule has 0 spiro atoms. The zero-order valence-corrected chi connectivity index (χ0v) is 29.7. The van der Waals surface area contributed by atoms with Crippen LogP contribution in [0.4, 0.5) is 0 Å². The molecule has 0 fully saturated rings. The lowest BCUT2D eigenvalue weighted by molar-refractivity contribution is 0.660. The highest BCUT2D eigenvalue weighted by molar-refractivity contribution is 6.15. The van der Waals surface area contributed by atoms with Crippen molar-refractivity contribution in [3.8, 4) is 33.4 Å². The van der Waals surface area contributed by atoms with E-state index in [1.165, 1.54) is 66.1 Å². The van der Waals surface area contributed by atoms with Gasteiger partial charge in [-0.15, -0.1) is 0 Å². The lowest BCUT2D eigenvalue weighted by Gasteiger charge is -2.25. The van der Waals surface area contributed by atoms with E-state index in [4.69, 9.17) is 9.98 Å². The molecule has 0 amide bonds. The van der Waals surface area contributed by atoms with E-state index in [9.17, 15) is 0 Å². The minimum absolute atomic E-state index is 0.218. The monoisotopic (exact) mass is 679 g/mol. The third-order valence-corrected chi connectivity index (χ3v) is 11.1. The molecule has 252 valence electrons. The molecular formula is C50H37N3. The number of benzene rings is 8. The third kappa shape index (κ3) is 5.27. The Kier molecular flexibility index (Phi) is 7.23. The smallest absolute Gasteiger partial charge is 0.159 e. The lowest BCUT2D eigenvalue weighted by atomic mass is 9.80. The van der Waals surface area contributed by atoms with Crippen LogP contribution in [0.3, 0.4) is 0 Å². The van der Waals surface area contributed by atoms with E-state index in [2.05, 4.69) is 189 Å². The van der Waals surface area contributed by atoms with Crippen molar-refractivity contribution >= 4 is 33.2 Å². The summed E-state index contributed by atoms with van der Waals surface area (Å²) >= 11 is 0. The second-order valence-corrected chi connectivity index (χ2v) is 14.7. The molecule has 1 unspecified atom stereocenters. The molecule has 1 heterocycles. The first-order valence-corrected chi connectivity index (χ1v) is 18.4. The highest BCUT2D eigenvalue weighted by atomic mass is 15.2. The van der Waals surface area contributed by atoms with E-state index in [0.29, 0.717) is 0 Å². The predicted molar refractivity (Wildman–Crippen MR) is 222 cm³/mol. The van der Waals surface area contributed by atoms with Crippen LogP contribution in [0.25, 0.3) is 54.9 Å². The second-order valence-electron chi connectivity index (χ2n) is 14.7. The number of nitrogens with one attached hydrogen (secondary N) is 1. The largest absolute Gasteiger partial charge is 0.344 e. The number of hydrogen-bond acceptors (Lipinski definition) is 3. The van der Waals surface area contributed by atoms with Crippen molar-refractivity contribution in [2.75, 3.05) is 0 Å². The molecule has 0 bridgehead atoms. The Bertz CT molecular complexity index is 2760. The molecule has 10 rings (SSSR count). The van der Waals surface area contributed by atoms with Gasteiger partial charge < -0.3 is 5.32 Å². The molecule has 0 saturated heterocycles. The van der Waals surface area contributed by atoms with Gasteiger partial charge in [-0.1, -0.05) is 166 Å². The van der Waals surface area contributed by atoms with Crippen LogP contribution in [-0.2, 0) is 5.41 Å². The van der Waals surface area contributed by atoms with Crippen LogP contribution in [0, 0.1) is 0 Å². The first-order chi connectivity index (χ1) is 26.0. The molecule has 53 heavy (non-hydrogen) atoms. The quantitative estimate of drug-likeness (QED) is 0.193. The zero-order chi connectivity index (χ0) is 35.5. The van der Waals surface area contributed by atoms with Gasteiger partial charge in [0.25, 0.3) is 0 Å². The molecule has 1 N–H and O–H groups in total. The Hall–Kier alpha value is -6.58. The lowest BCUT2D eigenvalue weighted by Crippen LogP contribution is -2.33. The average Bonchev–Trinajstić information content (AvgIpc) is 3.45. The fraction of sp³-hybridized carbons (Fsp3) is 0.0800. The standard InChI is InChI=1S/C50H37N3/c1-50(2)43-31-40(26-27-42(43)46-44(50)30-38-20-12-13-21-41(38)45(46)33-16-8-4-9-17-33)49-52-47(34-18-10-5-11-19-34)51-48(53-49)39-25-24-36-28-35(22-23-37(36)29-39)32-14-6-3-7-15-32/h3-31,47H,1-2H3,(H,51,52,53). The summed E-state index contributed by atoms with van der Waals surface area (Å²) in [4.78, 5) is 10.5. The van der Waals surface area contributed by atoms with Gasteiger partial charge in [-0.3, -0.25) is 0 Å². The summed E-state index contributed by atoms with van der Waals surface area (Å²) in [6, 6.07) is 63.2. The van der Waals surface area contributed by atoms with Crippen LogP contribution < -0.4 is 5.32 Å². The third-order valence-electron chi connectivity index (χ3n) is 11.1. The molecule has 3 heteroatoms. The summed E-state index contributed by atoms with van der Waals surface area (Å²) in [6.07, 6.45) is -0.275. The van der Waals surface area contributed by atoms with E-state index < -0.39 is 0 Å². The topological polar surface area (TPSA) is 36.8 Å². The highest BCUT2D eigenvalue weighted by Gasteiger charge is 2.38. The fourth-order valence-corrected chi connectivity index (χ4v) is 8.32. The van der Waals surface area contributed by atoms with Gasteiger partial charge in [-0.2, -0.15) is 0 Å². The summed E-state index contributed by atoms with van der Waals surface area (Å²) in [5.74, 6) is 1.55. The number of rotatable bonds is 5. The van der Waals surface area contributed by atoms with E-state index in [0.717, 1.165) is 28.4 Å². The Labute approximate surface area is 310 Å². The van der Waals surface area contributed by atoms with Gasteiger partial charge >= 0.3 is 0 Å². The van der Waals surface area contributed by atoms with Crippen LogP contribution in [0.5, 0.6) is 0 Å². The van der Waals surface area contributed by atoms with Crippen molar-refractivity contribution in [1.82, 2.24) is 5.32 Å². The first kappa shape index (κ1) is 31.2. The van der Waals surface area contributed by atoms with Gasteiger partial charge in [0.05, 0.1) is 0 Å². The molecular weight excluding hydrogens is 643 g/mol. The summed E-state index contributed by atoms with van der Waals surface area (Å²) in [5, 5.41) is 8.59. The van der Waals surface area contributed by atoms with Crippen molar-refractivity contribution in [2.24, 2.45) is 9.98 Å². The normalized spacial score (nSPS) is 15.7. The van der Waals surface area contributed by atoms with Crippen molar-refractivity contribution in [1.29, 1.82) is 0 Å². The molecule has 0 saturated carbocycles. The van der Waals surface area contributed by atoms with Crippen LogP contribution in [-0.4, -0.2) is 11.7 Å². The maximum absolute atomic E-state index is 5.26. The van der Waals surface area contributed by atoms with Gasteiger partial charge in [0.2, 0.25) is 0 Å². The van der Waals surface area contributed by atoms with E-state index in [-0.39, 0.29) is 11.6 Å². The summed E-state index contributed by atoms with van der Waals surface area (Å²) < 4.78 is 0. The molecule has 2 aliphatic rings. The minimum atomic E-state index is -0.275. The summed E-state index contributed by atoms with van der Waals surface area (Å²) in [6.45, 7) is 4.71. The summed E-state index contributed by atoms with van der Waals surface area (Å²) in [5.41, 5.74) is 13.2. The molecule has 8 aromatic rings. The van der Waals surface area contributed by atoms with Gasteiger partial charge in [-0.05, 0) is 95.9 Å². The van der Waals surface area contributed by atoms with Crippen LogP contribution >= 0.6 is 0 Å². The number of nitrogens with zero attached hydrogens (tertiary/aromatic N) is 2. The Balaban J connectivity index is 1.10. The van der Waals surface area contributed by atoms with Gasteiger partial charge in [0.1, 0.15) is 12.0 Å². The maximum Gasteiger partial charge on any atom is 0.159 e. The zero-order valence-electron chi connectivity index (χ0n) is 29.7. The number of amidine groups is 2. The SMILES string of the molecule is CC1(C)c2cc(C3=NC(c4ccccc4)NC(c4ccc5cc(-c6ccccc6)ccc5c4)=N3)ccc2-c2c1cc1ccccc1c2-c1ccccc1. The van der Waals surface area contributed by atoms with Crippen LogP contribution in [0.15, 0.2) is 186 Å². The van der Waals surface area contributed by atoms with Crippen LogP contribution in [0.1, 0.15) is 47.8 Å². The maximum atomic E-state index is 5.26. The first-order valence-electron chi connectivity index (χ1n) is 18.4. The molecule has 0 aromatic heterocycles. The highest BCUT2D eigenvalue weighted by Crippen LogP contribution is 2.54. The number of fused-ring (bicyclic) bond motifs is 5. The van der Waals surface area contributed by atoms with Crippen molar-refractivity contribution in [3.63, 3.8) is 0 Å². The Morgan fingerprint density at radius 1 is 0.472 bits per heavy atom. The second kappa shape index (κ2) is 12.3. The number of aliphatic imine (C=N–C) groups is 2. The average molecular weight is 680 g/mol. The Morgan fingerprint density at radius 2 is 1.09 bits per heavy atom. The Morgan fingerprint density at radius 3 is 1.85 bits per heavy atom. The minimum Gasteiger partial charge on any atom is -0.344 e. The molecule has 0 radical (unpaired) electrons. The fourth-order valence-electron chi connectivity index (χ4n) is 8.32. The number of hydrogen-bond donors (Lipinski definition) is 1. The predicted octanol–water partition coefficient (Wildman–Crippen LogP) is 12.1. The molecule has 8 aromatic carbocycles. The summed E-state index contributed by atoms with van der Waals surface area (Å²) in [7, 11) is 0. The van der Waals surface area contributed by atoms with Crippen LogP contribution in [0.2, 0.25) is 0 Å². The van der Waals surface area contributed by atoms with Crippen molar-refractivity contribution in [3.05, 3.63) is 204 Å². The van der Waals surface area contributed by atoms with Gasteiger partial charge in [-0.25, -0.2) is 9.98 Å². The van der Waals surface area contributed by atoms with E-state index in [1.807, 2.05) is 6.07 Å². The molecule has 1 aliphatic heterocycles. The van der Waals surface area contributed by atoms with Crippen molar-refractivity contribution in [2.45, 2.75) is 25.4 Å². The van der Waals surface area contributed by atoms with E-state index >= 15 is 0 Å². The molecule has 1 aliphatic carbocycles. The molecule has 1 atom stereocenters. The van der Waals surface area contributed by atoms with E-state index in [1.54, 1.807) is 0 Å². The van der Waals surface area contributed by atoms with Gasteiger partial charge in [0, 0.05) is 16.5 Å².